The molecule has 7 nitrogen and oxygen atoms in total. The summed E-state index contributed by atoms with van der Waals surface area (Å²) in [5, 5.41) is 5.68. The first-order valence-corrected chi connectivity index (χ1v) is 10.9. The fraction of sp³-hybridized carbons (Fsp3) is 0.292. The Bertz CT molecular complexity index is 1160. The van der Waals surface area contributed by atoms with Gasteiger partial charge in [0.05, 0.1) is 11.3 Å². The summed E-state index contributed by atoms with van der Waals surface area (Å²) in [4.78, 5) is 25.1. The molecule has 0 bridgehead atoms. The Balaban J connectivity index is 1.40. The normalized spacial score (nSPS) is 14.1. The molecule has 1 saturated heterocycles. The van der Waals surface area contributed by atoms with E-state index in [9.17, 15) is 18.0 Å². The van der Waals surface area contributed by atoms with Crippen molar-refractivity contribution >= 4 is 29.0 Å². The zero-order valence-corrected chi connectivity index (χ0v) is 18.9. The monoisotopic (exact) mass is 470 g/mol. The SMILES string of the molecule is Cc1ccc(Nc2cc(N3CCN(C(=O)Nc4ccccc4C(F)(F)F)CC3)nc(C)n2)cc1. The van der Waals surface area contributed by atoms with Crippen molar-refractivity contribution in [2.24, 2.45) is 0 Å². The molecule has 0 spiro atoms. The minimum absolute atomic E-state index is 0.249. The Kier molecular flexibility index (Phi) is 6.58. The molecule has 3 aromatic rings. The number of rotatable bonds is 4. The average molecular weight is 470 g/mol. The smallest absolute Gasteiger partial charge is 0.353 e. The highest BCUT2D eigenvalue weighted by Gasteiger charge is 2.34. The van der Waals surface area contributed by atoms with Gasteiger partial charge in [-0.3, -0.25) is 0 Å². The lowest BCUT2D eigenvalue weighted by atomic mass is 10.1. The van der Waals surface area contributed by atoms with Crippen molar-refractivity contribution in [2.75, 3.05) is 41.7 Å². The van der Waals surface area contributed by atoms with E-state index in [1.54, 1.807) is 0 Å². The summed E-state index contributed by atoms with van der Waals surface area (Å²) in [5.41, 5.74) is 0.955. The predicted octanol–water partition coefficient (Wildman–Crippen LogP) is 5.21. The Labute approximate surface area is 195 Å². The number of urea groups is 1. The molecule has 0 saturated carbocycles. The van der Waals surface area contributed by atoms with Crippen LogP contribution in [0.4, 0.5) is 41.0 Å². The topological polar surface area (TPSA) is 73.4 Å². The van der Waals surface area contributed by atoms with Crippen molar-refractivity contribution in [3.63, 3.8) is 0 Å². The van der Waals surface area contributed by atoms with Gasteiger partial charge >= 0.3 is 12.2 Å². The second-order valence-electron chi connectivity index (χ2n) is 8.10. The molecule has 0 aliphatic carbocycles. The number of halogens is 3. The molecule has 2 amide bonds. The number of piperazine rings is 1. The number of nitrogens with zero attached hydrogens (tertiary/aromatic N) is 4. The highest BCUT2D eigenvalue weighted by molar-refractivity contribution is 5.90. The lowest BCUT2D eigenvalue weighted by Gasteiger charge is -2.35. The number of aryl methyl sites for hydroxylation is 2. The minimum atomic E-state index is -4.54. The Morgan fingerprint density at radius 2 is 1.62 bits per heavy atom. The number of hydrogen-bond donors (Lipinski definition) is 2. The van der Waals surface area contributed by atoms with E-state index in [1.807, 2.05) is 49.1 Å². The van der Waals surface area contributed by atoms with E-state index in [0.717, 1.165) is 23.1 Å². The average Bonchev–Trinajstić information content (AvgIpc) is 2.80. The molecule has 4 rings (SSSR count). The van der Waals surface area contributed by atoms with Gasteiger partial charge in [0.25, 0.3) is 0 Å². The maximum atomic E-state index is 13.2. The van der Waals surface area contributed by atoms with E-state index < -0.39 is 17.8 Å². The summed E-state index contributed by atoms with van der Waals surface area (Å²) in [6.45, 7) is 5.52. The number of carbonyl (C=O) groups is 1. The number of aromatic nitrogens is 2. The van der Waals surface area contributed by atoms with Gasteiger partial charge < -0.3 is 20.4 Å². The molecule has 1 fully saturated rings. The molecular weight excluding hydrogens is 445 g/mol. The second-order valence-corrected chi connectivity index (χ2v) is 8.10. The van der Waals surface area contributed by atoms with Gasteiger partial charge in [-0.05, 0) is 38.1 Å². The van der Waals surface area contributed by atoms with Crippen LogP contribution in [0.15, 0.2) is 54.6 Å². The molecule has 2 heterocycles. The van der Waals surface area contributed by atoms with Gasteiger partial charge in [0.1, 0.15) is 17.5 Å². The van der Waals surface area contributed by atoms with Crippen molar-refractivity contribution in [2.45, 2.75) is 20.0 Å². The third-order valence-corrected chi connectivity index (χ3v) is 5.51. The summed E-state index contributed by atoms with van der Waals surface area (Å²) >= 11 is 0. The van der Waals surface area contributed by atoms with E-state index in [4.69, 9.17) is 0 Å². The standard InChI is InChI=1S/C24H25F3N6O/c1-16-7-9-18(10-8-16)30-21-15-22(29-17(2)28-21)32-11-13-33(14-12-32)23(34)31-20-6-4-3-5-19(20)24(25,26)27/h3-10,15H,11-14H2,1-2H3,(H,31,34)(H,28,29,30). The van der Waals surface area contributed by atoms with Crippen LogP contribution in [0.1, 0.15) is 17.0 Å². The second kappa shape index (κ2) is 9.58. The number of nitrogens with one attached hydrogen (secondary N) is 2. The zero-order chi connectivity index (χ0) is 24.3. The third-order valence-electron chi connectivity index (χ3n) is 5.51. The van der Waals surface area contributed by atoms with Crippen LogP contribution in [0.25, 0.3) is 0 Å². The number of benzene rings is 2. The molecule has 34 heavy (non-hydrogen) atoms. The predicted molar refractivity (Wildman–Crippen MR) is 125 cm³/mol. The fourth-order valence-corrected chi connectivity index (χ4v) is 3.73. The Morgan fingerprint density at radius 3 is 2.29 bits per heavy atom. The van der Waals surface area contributed by atoms with Crippen LogP contribution in [-0.2, 0) is 6.18 Å². The summed E-state index contributed by atoms with van der Waals surface area (Å²) < 4.78 is 39.6. The largest absolute Gasteiger partial charge is 0.418 e. The number of anilines is 4. The van der Waals surface area contributed by atoms with Crippen LogP contribution in [0.5, 0.6) is 0 Å². The number of amides is 2. The lowest BCUT2D eigenvalue weighted by molar-refractivity contribution is -0.136. The molecule has 0 atom stereocenters. The molecule has 10 heteroatoms. The van der Waals surface area contributed by atoms with Gasteiger partial charge in [0.15, 0.2) is 0 Å². The number of para-hydroxylation sites is 1. The van der Waals surface area contributed by atoms with E-state index in [1.165, 1.54) is 23.1 Å². The van der Waals surface area contributed by atoms with Gasteiger partial charge in [0, 0.05) is 37.9 Å². The molecule has 1 aliphatic rings. The Hall–Kier alpha value is -3.82. The molecule has 0 radical (unpaired) electrons. The van der Waals surface area contributed by atoms with E-state index in [-0.39, 0.29) is 5.69 Å². The van der Waals surface area contributed by atoms with E-state index in [2.05, 4.69) is 20.6 Å². The highest BCUT2D eigenvalue weighted by Crippen LogP contribution is 2.34. The van der Waals surface area contributed by atoms with Crippen LogP contribution in [-0.4, -0.2) is 47.1 Å². The van der Waals surface area contributed by atoms with Crippen LogP contribution >= 0.6 is 0 Å². The van der Waals surface area contributed by atoms with Gasteiger partial charge in [-0.15, -0.1) is 0 Å². The number of carbonyl (C=O) groups excluding carboxylic acids is 1. The maximum Gasteiger partial charge on any atom is 0.418 e. The number of alkyl halides is 3. The summed E-state index contributed by atoms with van der Waals surface area (Å²) in [6, 6.07) is 14.2. The van der Waals surface area contributed by atoms with E-state index >= 15 is 0 Å². The molecule has 178 valence electrons. The van der Waals surface area contributed by atoms with Crippen molar-refractivity contribution in [1.29, 1.82) is 0 Å². The van der Waals surface area contributed by atoms with Crippen molar-refractivity contribution < 1.29 is 18.0 Å². The number of hydrogen-bond acceptors (Lipinski definition) is 5. The molecular formula is C24H25F3N6O. The summed E-state index contributed by atoms with van der Waals surface area (Å²) in [5.74, 6) is 2.00. The van der Waals surface area contributed by atoms with Crippen LogP contribution in [0.2, 0.25) is 0 Å². The molecule has 0 unspecified atom stereocenters. The lowest BCUT2D eigenvalue weighted by Crippen LogP contribution is -2.50. The third kappa shape index (κ3) is 5.56. The van der Waals surface area contributed by atoms with Crippen LogP contribution in [0.3, 0.4) is 0 Å². The maximum absolute atomic E-state index is 13.2. The summed E-state index contributed by atoms with van der Waals surface area (Å²) in [7, 11) is 0. The summed E-state index contributed by atoms with van der Waals surface area (Å²) in [6.07, 6.45) is -4.54. The van der Waals surface area contributed by atoms with Gasteiger partial charge in [-0.25, -0.2) is 14.8 Å². The van der Waals surface area contributed by atoms with Crippen molar-refractivity contribution in [3.05, 3.63) is 71.5 Å². The first-order valence-electron chi connectivity index (χ1n) is 10.9. The molecule has 2 N–H and O–H groups in total. The van der Waals surface area contributed by atoms with Crippen LogP contribution < -0.4 is 15.5 Å². The molecule has 1 aliphatic heterocycles. The first kappa shape index (κ1) is 23.3. The van der Waals surface area contributed by atoms with Crippen molar-refractivity contribution in [1.82, 2.24) is 14.9 Å². The quantitative estimate of drug-likeness (QED) is 0.548. The van der Waals surface area contributed by atoms with Crippen LogP contribution in [0, 0.1) is 13.8 Å². The Morgan fingerprint density at radius 1 is 0.941 bits per heavy atom. The molecule has 1 aromatic heterocycles. The van der Waals surface area contributed by atoms with E-state index in [0.29, 0.717) is 37.8 Å². The van der Waals surface area contributed by atoms with Gasteiger partial charge in [-0.2, -0.15) is 13.2 Å². The van der Waals surface area contributed by atoms with Crippen molar-refractivity contribution in [3.8, 4) is 0 Å². The first-order chi connectivity index (χ1) is 16.2. The molecule has 2 aromatic carbocycles. The zero-order valence-electron chi connectivity index (χ0n) is 18.9. The van der Waals surface area contributed by atoms with Gasteiger partial charge in [-0.1, -0.05) is 29.8 Å². The fourth-order valence-electron chi connectivity index (χ4n) is 3.73. The minimum Gasteiger partial charge on any atom is -0.353 e. The van der Waals surface area contributed by atoms with Gasteiger partial charge in [0.2, 0.25) is 0 Å². The highest BCUT2D eigenvalue weighted by atomic mass is 19.4.